The van der Waals surface area contributed by atoms with Gasteiger partial charge >= 0.3 is 0 Å². The first kappa shape index (κ1) is 29.7. The largest absolute Gasteiger partial charge is 0.496 e. The van der Waals surface area contributed by atoms with E-state index in [1.165, 1.54) is 7.11 Å². The third-order valence-corrected chi connectivity index (χ3v) is 8.25. The Morgan fingerprint density at radius 3 is 2.64 bits per heavy atom. The van der Waals surface area contributed by atoms with Crippen LogP contribution in [0.2, 0.25) is 10.0 Å². The molecule has 0 unspecified atom stereocenters. The van der Waals surface area contributed by atoms with Crippen LogP contribution >= 0.6 is 23.2 Å². The molecule has 3 aromatic rings. The molecule has 3 atom stereocenters. The molecular formula is C31H31Cl2N3O6. The Labute approximate surface area is 254 Å². The van der Waals surface area contributed by atoms with Crippen LogP contribution in [0.15, 0.2) is 60.7 Å². The van der Waals surface area contributed by atoms with Crippen molar-refractivity contribution in [3.05, 3.63) is 87.4 Å². The van der Waals surface area contributed by atoms with Crippen LogP contribution in [0.25, 0.3) is 0 Å². The summed E-state index contributed by atoms with van der Waals surface area (Å²) in [5.41, 5.74) is 2.03. The van der Waals surface area contributed by atoms with Crippen LogP contribution in [0.1, 0.15) is 45.5 Å². The molecule has 2 aliphatic heterocycles. The number of ether oxygens (including phenoxy) is 3. The summed E-state index contributed by atoms with van der Waals surface area (Å²) >= 11 is 12.0. The number of fused-ring (bicyclic) bond motifs is 2. The summed E-state index contributed by atoms with van der Waals surface area (Å²) in [7, 11) is 3.24. The number of carbonyl (C=O) groups excluding carboxylic acids is 3. The second kappa shape index (κ2) is 13.0. The van der Waals surface area contributed by atoms with Gasteiger partial charge in [-0.2, -0.15) is 0 Å². The number of hydrogen-bond donors (Lipinski definition) is 2. The van der Waals surface area contributed by atoms with Crippen molar-refractivity contribution in [1.82, 2.24) is 10.2 Å². The Morgan fingerprint density at radius 1 is 1.05 bits per heavy atom. The van der Waals surface area contributed by atoms with Gasteiger partial charge in [0.05, 0.1) is 46.8 Å². The fraction of sp³-hybridized carbons (Fsp3) is 0.323. The molecule has 2 aliphatic rings. The van der Waals surface area contributed by atoms with E-state index in [-0.39, 0.29) is 42.9 Å². The summed E-state index contributed by atoms with van der Waals surface area (Å²) < 4.78 is 17.6. The molecule has 3 aromatic carbocycles. The third kappa shape index (κ3) is 6.64. The Bertz CT molecular complexity index is 1500. The Kier molecular flexibility index (Phi) is 9.21. The molecule has 0 bridgehead atoms. The van der Waals surface area contributed by atoms with Crippen molar-refractivity contribution in [3.8, 4) is 11.5 Å². The molecule has 3 amide bonds. The SMILES string of the molecule is COc1ccccc1C(=O)Nc1ccc2c(c1)C(=O)N(C)[C@@H]1CC[C@H](CC(=O)NCc3ccc(Cl)c(Cl)c3)O[C@@H]1CO2. The highest BCUT2D eigenvalue weighted by Gasteiger charge is 2.39. The summed E-state index contributed by atoms with van der Waals surface area (Å²) in [5.74, 6) is 0.104. The molecule has 0 spiro atoms. The number of nitrogens with zero attached hydrogens (tertiary/aromatic N) is 1. The summed E-state index contributed by atoms with van der Waals surface area (Å²) in [5, 5.41) is 6.63. The van der Waals surface area contributed by atoms with Crippen molar-refractivity contribution in [1.29, 1.82) is 0 Å². The normalized spacial score (nSPS) is 19.9. The maximum Gasteiger partial charge on any atom is 0.259 e. The van der Waals surface area contributed by atoms with Gasteiger partial charge < -0.3 is 29.7 Å². The van der Waals surface area contributed by atoms with Gasteiger partial charge in [0.2, 0.25) is 5.91 Å². The number of anilines is 1. The number of amides is 3. The molecular weight excluding hydrogens is 581 g/mol. The smallest absolute Gasteiger partial charge is 0.259 e. The fourth-order valence-corrected chi connectivity index (χ4v) is 5.59. The van der Waals surface area contributed by atoms with E-state index >= 15 is 0 Å². The zero-order valence-electron chi connectivity index (χ0n) is 23.2. The monoisotopic (exact) mass is 611 g/mol. The molecule has 5 rings (SSSR count). The molecule has 9 nitrogen and oxygen atoms in total. The minimum absolute atomic E-state index is 0.145. The zero-order chi connectivity index (χ0) is 29.8. The number of methoxy groups -OCH3 is 1. The van der Waals surface area contributed by atoms with Crippen LogP contribution in [0.5, 0.6) is 11.5 Å². The summed E-state index contributed by atoms with van der Waals surface area (Å²) in [4.78, 5) is 40.8. The lowest BCUT2D eigenvalue weighted by atomic mass is 9.94. The highest BCUT2D eigenvalue weighted by atomic mass is 35.5. The van der Waals surface area contributed by atoms with Gasteiger partial charge in [-0.25, -0.2) is 0 Å². The molecule has 42 heavy (non-hydrogen) atoms. The number of rotatable bonds is 7. The first-order valence-electron chi connectivity index (χ1n) is 13.6. The summed E-state index contributed by atoms with van der Waals surface area (Å²) in [6, 6.07) is 16.9. The van der Waals surface area contributed by atoms with Gasteiger partial charge in [0.15, 0.2) is 0 Å². The minimum Gasteiger partial charge on any atom is -0.496 e. The highest BCUT2D eigenvalue weighted by Crippen LogP contribution is 2.33. The van der Waals surface area contributed by atoms with Crippen LogP contribution in [-0.2, 0) is 16.1 Å². The molecule has 1 saturated heterocycles. The molecule has 0 radical (unpaired) electrons. The maximum absolute atomic E-state index is 13.6. The van der Waals surface area contributed by atoms with Gasteiger partial charge in [-0.1, -0.05) is 41.4 Å². The lowest BCUT2D eigenvalue weighted by molar-refractivity contribution is -0.134. The van der Waals surface area contributed by atoms with E-state index in [0.717, 1.165) is 5.56 Å². The Hall–Kier alpha value is -3.79. The molecule has 220 valence electrons. The predicted molar refractivity (Wildman–Crippen MR) is 160 cm³/mol. The second-order valence-corrected chi connectivity index (χ2v) is 11.1. The van der Waals surface area contributed by atoms with Gasteiger partial charge in [-0.15, -0.1) is 0 Å². The standard InChI is InChI=1S/C31H31Cl2N3O6/c1-36-25-11-9-20(15-29(37)34-16-18-7-10-23(32)24(33)13-18)42-28(25)17-41-27-12-8-19(14-22(27)31(36)39)35-30(38)21-5-3-4-6-26(21)40-2/h3-8,10,12-14,20,25,28H,9,11,15-17H2,1-2H3,(H,34,37)(H,35,38)/t20-,25-,28-/m1/s1. The lowest BCUT2D eigenvalue weighted by Crippen LogP contribution is -2.53. The molecule has 2 N–H and O–H groups in total. The lowest BCUT2D eigenvalue weighted by Gasteiger charge is -2.42. The first-order valence-corrected chi connectivity index (χ1v) is 14.3. The van der Waals surface area contributed by atoms with E-state index in [0.29, 0.717) is 57.7 Å². The number of para-hydroxylation sites is 1. The van der Waals surface area contributed by atoms with Crippen LogP contribution in [0.3, 0.4) is 0 Å². The molecule has 11 heteroatoms. The van der Waals surface area contributed by atoms with Gasteiger partial charge in [-0.05, 0) is 60.9 Å². The quantitative estimate of drug-likeness (QED) is 0.373. The number of halogens is 2. The number of benzene rings is 3. The minimum atomic E-state index is -0.404. The zero-order valence-corrected chi connectivity index (χ0v) is 24.7. The van der Waals surface area contributed by atoms with E-state index in [2.05, 4.69) is 10.6 Å². The predicted octanol–water partition coefficient (Wildman–Crippen LogP) is 5.34. The van der Waals surface area contributed by atoms with Gasteiger partial charge in [-0.3, -0.25) is 14.4 Å². The third-order valence-electron chi connectivity index (χ3n) is 7.51. The summed E-state index contributed by atoms with van der Waals surface area (Å²) in [6.45, 7) is 0.538. The summed E-state index contributed by atoms with van der Waals surface area (Å²) in [6.07, 6.45) is 0.743. The molecule has 1 fully saturated rings. The Morgan fingerprint density at radius 2 is 1.86 bits per heavy atom. The van der Waals surface area contributed by atoms with E-state index in [4.69, 9.17) is 37.4 Å². The van der Waals surface area contributed by atoms with Crippen molar-refractivity contribution < 1.29 is 28.6 Å². The van der Waals surface area contributed by atoms with Crippen molar-refractivity contribution in [2.45, 2.75) is 44.1 Å². The number of nitrogens with one attached hydrogen (secondary N) is 2. The van der Waals surface area contributed by atoms with E-state index in [9.17, 15) is 14.4 Å². The van der Waals surface area contributed by atoms with E-state index < -0.39 is 6.10 Å². The fourth-order valence-electron chi connectivity index (χ4n) is 5.27. The Balaban J connectivity index is 1.22. The van der Waals surface area contributed by atoms with Crippen LogP contribution in [0, 0.1) is 0 Å². The van der Waals surface area contributed by atoms with Crippen LogP contribution < -0.4 is 20.1 Å². The van der Waals surface area contributed by atoms with Gasteiger partial charge in [0, 0.05) is 19.3 Å². The first-order chi connectivity index (χ1) is 20.2. The van der Waals surface area contributed by atoms with Crippen molar-refractivity contribution in [2.75, 3.05) is 26.1 Å². The van der Waals surface area contributed by atoms with Crippen molar-refractivity contribution >= 4 is 46.6 Å². The number of hydrogen-bond acceptors (Lipinski definition) is 6. The van der Waals surface area contributed by atoms with Crippen molar-refractivity contribution in [3.63, 3.8) is 0 Å². The van der Waals surface area contributed by atoms with Crippen LogP contribution in [-0.4, -0.2) is 61.6 Å². The second-order valence-electron chi connectivity index (χ2n) is 10.3. The molecule has 2 heterocycles. The molecule has 0 saturated carbocycles. The van der Waals surface area contributed by atoms with Gasteiger partial charge in [0.1, 0.15) is 24.2 Å². The maximum atomic E-state index is 13.6. The average molecular weight is 613 g/mol. The number of carbonyl (C=O) groups is 3. The molecule has 0 aromatic heterocycles. The molecule has 0 aliphatic carbocycles. The van der Waals surface area contributed by atoms with E-state index in [1.807, 2.05) is 6.07 Å². The van der Waals surface area contributed by atoms with E-state index in [1.54, 1.807) is 66.5 Å². The average Bonchev–Trinajstić information content (AvgIpc) is 2.99. The number of likely N-dealkylation sites (N-methyl/N-ethyl adjacent to an activating group) is 1. The highest BCUT2D eigenvalue weighted by molar-refractivity contribution is 6.42. The topological polar surface area (TPSA) is 106 Å². The van der Waals surface area contributed by atoms with Crippen LogP contribution in [0.4, 0.5) is 5.69 Å². The van der Waals surface area contributed by atoms with Gasteiger partial charge in [0.25, 0.3) is 11.8 Å². The van der Waals surface area contributed by atoms with Crippen molar-refractivity contribution in [2.24, 2.45) is 0 Å².